The van der Waals surface area contributed by atoms with E-state index in [0.717, 1.165) is 18.5 Å². The molecule has 1 unspecified atom stereocenters. The second kappa shape index (κ2) is 6.14. The Morgan fingerprint density at radius 1 is 1.53 bits per heavy atom. The molecule has 17 heavy (non-hydrogen) atoms. The van der Waals surface area contributed by atoms with E-state index < -0.39 is 0 Å². The number of rotatable bonds is 6. The number of hydrazine groups is 1. The summed E-state index contributed by atoms with van der Waals surface area (Å²) in [5, 5.41) is 4.28. The van der Waals surface area contributed by atoms with Crippen molar-refractivity contribution in [2.45, 2.75) is 52.3 Å². The highest BCUT2D eigenvalue weighted by atomic mass is 16.5. The van der Waals surface area contributed by atoms with Crippen LogP contribution in [0.4, 0.5) is 0 Å². The summed E-state index contributed by atoms with van der Waals surface area (Å²) in [6.45, 7) is 9.68. The molecule has 3 N–H and O–H groups in total. The monoisotopic (exact) mass is 240 g/mol. The van der Waals surface area contributed by atoms with Gasteiger partial charge in [-0.3, -0.25) is 16.0 Å². The van der Waals surface area contributed by atoms with Gasteiger partial charge in [0.25, 0.3) is 0 Å². The van der Waals surface area contributed by atoms with Crippen LogP contribution in [-0.2, 0) is 11.3 Å². The van der Waals surface area contributed by atoms with Crippen LogP contribution in [0.2, 0.25) is 0 Å². The van der Waals surface area contributed by atoms with Gasteiger partial charge < -0.3 is 4.74 Å². The van der Waals surface area contributed by atoms with E-state index in [1.807, 2.05) is 37.8 Å². The first kappa shape index (κ1) is 14.2. The maximum Gasteiger partial charge on any atom is 0.0724 e. The zero-order valence-corrected chi connectivity index (χ0v) is 11.2. The number of nitrogens with two attached hydrogens (primary N) is 1. The molecule has 1 aromatic heterocycles. The Balaban J connectivity index is 2.59. The fraction of sp³-hybridized carbons (Fsp3) is 0.750. The number of ether oxygens (including phenoxy) is 1. The van der Waals surface area contributed by atoms with Gasteiger partial charge in [0.05, 0.1) is 24.4 Å². The third-order valence-corrected chi connectivity index (χ3v) is 2.39. The molecule has 0 bridgehead atoms. The van der Waals surface area contributed by atoms with Gasteiger partial charge >= 0.3 is 0 Å². The van der Waals surface area contributed by atoms with Crippen LogP contribution in [0.25, 0.3) is 0 Å². The van der Waals surface area contributed by atoms with Gasteiger partial charge in [-0.25, -0.2) is 0 Å². The smallest absolute Gasteiger partial charge is 0.0724 e. The van der Waals surface area contributed by atoms with E-state index in [9.17, 15) is 0 Å². The third kappa shape index (κ3) is 4.85. The lowest BCUT2D eigenvalue weighted by atomic mass is 10.1. The van der Waals surface area contributed by atoms with E-state index in [2.05, 4.69) is 17.4 Å². The number of nitrogens with one attached hydrogen (secondary N) is 1. The highest BCUT2D eigenvalue weighted by molar-refractivity contribution is 5.10. The van der Waals surface area contributed by atoms with Gasteiger partial charge in [-0.05, 0) is 27.2 Å². The van der Waals surface area contributed by atoms with Gasteiger partial charge in [0.15, 0.2) is 0 Å². The molecule has 0 radical (unpaired) electrons. The van der Waals surface area contributed by atoms with Crippen molar-refractivity contribution in [3.05, 3.63) is 18.0 Å². The molecule has 0 aliphatic heterocycles. The van der Waals surface area contributed by atoms with Gasteiger partial charge in [-0.2, -0.15) is 5.10 Å². The van der Waals surface area contributed by atoms with Crippen LogP contribution in [0, 0.1) is 0 Å². The van der Waals surface area contributed by atoms with E-state index in [4.69, 9.17) is 10.6 Å². The highest BCUT2D eigenvalue weighted by Crippen LogP contribution is 2.15. The molecule has 0 fully saturated rings. The zero-order valence-electron chi connectivity index (χ0n) is 11.2. The summed E-state index contributed by atoms with van der Waals surface area (Å²) in [5.74, 6) is 5.55. The molecule has 1 heterocycles. The lowest BCUT2D eigenvalue weighted by Gasteiger charge is -2.23. The first-order valence-corrected chi connectivity index (χ1v) is 6.08. The van der Waals surface area contributed by atoms with Crippen molar-refractivity contribution in [1.29, 1.82) is 0 Å². The maximum atomic E-state index is 5.73. The quantitative estimate of drug-likeness (QED) is 0.585. The summed E-state index contributed by atoms with van der Waals surface area (Å²) in [5.41, 5.74) is 3.67. The number of hydrogen-bond acceptors (Lipinski definition) is 4. The van der Waals surface area contributed by atoms with E-state index in [0.29, 0.717) is 6.61 Å². The summed E-state index contributed by atoms with van der Waals surface area (Å²) in [6, 6.07) is -0.0140. The molecule has 0 aliphatic rings. The van der Waals surface area contributed by atoms with Crippen LogP contribution in [0.3, 0.4) is 0 Å². The first-order chi connectivity index (χ1) is 7.96. The van der Waals surface area contributed by atoms with E-state index in [-0.39, 0.29) is 11.6 Å². The molecular weight excluding hydrogens is 216 g/mol. The molecule has 0 aliphatic carbocycles. The molecule has 98 valence electrons. The maximum absolute atomic E-state index is 5.73. The predicted molar refractivity (Wildman–Crippen MR) is 68.3 cm³/mol. The van der Waals surface area contributed by atoms with Gasteiger partial charge in [0.1, 0.15) is 0 Å². The van der Waals surface area contributed by atoms with Crippen molar-refractivity contribution in [3.63, 3.8) is 0 Å². The van der Waals surface area contributed by atoms with E-state index in [1.165, 1.54) is 0 Å². The Morgan fingerprint density at radius 2 is 2.24 bits per heavy atom. The summed E-state index contributed by atoms with van der Waals surface area (Å²) in [7, 11) is 0. The average Bonchev–Trinajstić information content (AvgIpc) is 2.66. The minimum atomic E-state index is -0.158. The van der Waals surface area contributed by atoms with Crippen LogP contribution >= 0.6 is 0 Å². The number of aromatic nitrogens is 2. The second-order valence-corrected chi connectivity index (χ2v) is 5.18. The zero-order chi connectivity index (χ0) is 12.9. The lowest BCUT2D eigenvalue weighted by Crippen LogP contribution is -2.34. The van der Waals surface area contributed by atoms with Gasteiger partial charge in [0, 0.05) is 18.3 Å². The van der Waals surface area contributed by atoms with Crippen LogP contribution in [0.5, 0.6) is 0 Å². The SMILES string of the molecule is CCCn1cc(C(COC(C)(C)C)NN)cn1. The summed E-state index contributed by atoms with van der Waals surface area (Å²) >= 11 is 0. The summed E-state index contributed by atoms with van der Waals surface area (Å²) < 4.78 is 7.65. The van der Waals surface area contributed by atoms with Gasteiger partial charge in [-0.1, -0.05) is 6.92 Å². The van der Waals surface area contributed by atoms with Crippen molar-refractivity contribution >= 4 is 0 Å². The van der Waals surface area contributed by atoms with Gasteiger partial charge in [0.2, 0.25) is 0 Å². The topological polar surface area (TPSA) is 65.1 Å². The van der Waals surface area contributed by atoms with Crippen LogP contribution in [0.15, 0.2) is 12.4 Å². The highest BCUT2D eigenvalue weighted by Gasteiger charge is 2.17. The third-order valence-electron chi connectivity index (χ3n) is 2.39. The normalized spacial score (nSPS) is 13.9. The van der Waals surface area contributed by atoms with E-state index >= 15 is 0 Å². The van der Waals surface area contributed by atoms with Gasteiger partial charge in [-0.15, -0.1) is 0 Å². The van der Waals surface area contributed by atoms with Crippen LogP contribution in [-0.4, -0.2) is 22.0 Å². The molecule has 0 spiro atoms. The Labute approximate surface area is 103 Å². The molecule has 1 aromatic rings. The predicted octanol–water partition coefficient (Wildman–Crippen LogP) is 1.61. The molecule has 1 atom stereocenters. The number of nitrogens with zero attached hydrogens (tertiary/aromatic N) is 2. The van der Waals surface area contributed by atoms with Crippen molar-refractivity contribution in [2.75, 3.05) is 6.61 Å². The minimum absolute atomic E-state index is 0.0140. The van der Waals surface area contributed by atoms with Crippen molar-refractivity contribution in [1.82, 2.24) is 15.2 Å². The molecule has 0 amide bonds. The summed E-state index contributed by atoms with van der Waals surface area (Å²) in [4.78, 5) is 0. The molecule has 0 saturated heterocycles. The molecular formula is C12H24N4O. The first-order valence-electron chi connectivity index (χ1n) is 6.08. The molecule has 0 saturated carbocycles. The van der Waals surface area contributed by atoms with Crippen LogP contribution < -0.4 is 11.3 Å². The molecule has 5 heteroatoms. The standard InChI is InChI=1S/C12H24N4O/c1-5-6-16-8-10(7-14-16)11(15-13)9-17-12(2,3)4/h7-8,11,15H,5-6,9,13H2,1-4H3. The Kier molecular flexibility index (Phi) is 5.11. The Morgan fingerprint density at radius 3 is 2.76 bits per heavy atom. The average molecular weight is 240 g/mol. The number of aryl methyl sites for hydroxylation is 1. The van der Waals surface area contributed by atoms with Crippen molar-refractivity contribution < 1.29 is 4.74 Å². The molecule has 0 aromatic carbocycles. The molecule has 1 rings (SSSR count). The van der Waals surface area contributed by atoms with Crippen molar-refractivity contribution in [3.8, 4) is 0 Å². The number of hydrogen-bond donors (Lipinski definition) is 2. The Bertz CT molecular complexity index is 329. The van der Waals surface area contributed by atoms with Crippen LogP contribution in [0.1, 0.15) is 45.7 Å². The fourth-order valence-corrected chi connectivity index (χ4v) is 1.48. The van der Waals surface area contributed by atoms with Crippen molar-refractivity contribution in [2.24, 2.45) is 5.84 Å². The second-order valence-electron chi connectivity index (χ2n) is 5.18. The Hall–Kier alpha value is -0.910. The fourth-order valence-electron chi connectivity index (χ4n) is 1.48. The largest absolute Gasteiger partial charge is 0.374 e. The summed E-state index contributed by atoms with van der Waals surface area (Å²) in [6.07, 6.45) is 4.92. The lowest BCUT2D eigenvalue weighted by molar-refractivity contribution is -0.0148. The molecule has 5 nitrogen and oxygen atoms in total. The van der Waals surface area contributed by atoms with E-state index in [1.54, 1.807) is 0 Å². The minimum Gasteiger partial charge on any atom is -0.374 e.